The second kappa shape index (κ2) is 5.70. The number of aromatic nitrogens is 2. The Balaban J connectivity index is 2.13. The Bertz CT molecular complexity index is 1140. The van der Waals surface area contributed by atoms with Crippen molar-refractivity contribution in [2.24, 2.45) is 0 Å². The van der Waals surface area contributed by atoms with Gasteiger partial charge in [-0.3, -0.25) is 0 Å². The highest BCUT2D eigenvalue weighted by Crippen LogP contribution is 2.31. The van der Waals surface area contributed by atoms with Crippen LogP contribution < -0.4 is 4.90 Å². The van der Waals surface area contributed by atoms with Crippen molar-refractivity contribution in [3.63, 3.8) is 0 Å². The Morgan fingerprint density at radius 3 is 2.40 bits per heavy atom. The van der Waals surface area contributed by atoms with Crippen LogP contribution in [-0.2, 0) is 4.74 Å². The van der Waals surface area contributed by atoms with Gasteiger partial charge in [0.05, 0.1) is 29.2 Å². The van der Waals surface area contributed by atoms with Gasteiger partial charge in [-0.05, 0) is 30.3 Å². The molecule has 0 saturated carbocycles. The number of carbonyl (C=O) groups excluding carboxylic acids is 1. The SMILES string of the molecule is COC(=O)c1cccc2nc3ccc4c(N(C)C)cccc4c3nc12. The molecule has 0 unspecified atom stereocenters. The molecule has 25 heavy (non-hydrogen) atoms. The van der Waals surface area contributed by atoms with Gasteiger partial charge in [-0.25, -0.2) is 14.8 Å². The maximum Gasteiger partial charge on any atom is 0.340 e. The van der Waals surface area contributed by atoms with Crippen molar-refractivity contribution >= 4 is 44.5 Å². The molecule has 4 rings (SSSR count). The first kappa shape index (κ1) is 15.3. The molecule has 0 bridgehead atoms. The molecule has 0 aliphatic carbocycles. The van der Waals surface area contributed by atoms with Crippen LogP contribution in [0.5, 0.6) is 0 Å². The maximum absolute atomic E-state index is 12.1. The number of nitrogens with zero attached hydrogens (tertiary/aromatic N) is 3. The number of hydrogen-bond donors (Lipinski definition) is 0. The van der Waals surface area contributed by atoms with Crippen molar-refractivity contribution in [3.05, 3.63) is 54.1 Å². The van der Waals surface area contributed by atoms with Gasteiger partial charge in [0.15, 0.2) is 0 Å². The van der Waals surface area contributed by atoms with Crippen molar-refractivity contribution in [2.45, 2.75) is 0 Å². The third-order valence-corrected chi connectivity index (χ3v) is 4.36. The van der Waals surface area contributed by atoms with Gasteiger partial charge in [-0.1, -0.05) is 18.2 Å². The highest BCUT2D eigenvalue weighted by atomic mass is 16.5. The predicted molar refractivity (Wildman–Crippen MR) is 100 cm³/mol. The van der Waals surface area contributed by atoms with E-state index in [1.165, 1.54) is 7.11 Å². The van der Waals surface area contributed by atoms with Crippen molar-refractivity contribution in [1.82, 2.24) is 9.97 Å². The van der Waals surface area contributed by atoms with E-state index in [2.05, 4.69) is 17.0 Å². The number of rotatable bonds is 2. The average Bonchev–Trinajstić information content (AvgIpc) is 2.64. The van der Waals surface area contributed by atoms with E-state index in [1.54, 1.807) is 12.1 Å². The second-order valence-corrected chi connectivity index (χ2v) is 6.09. The van der Waals surface area contributed by atoms with Crippen LogP contribution in [0.2, 0.25) is 0 Å². The molecule has 0 saturated heterocycles. The minimum Gasteiger partial charge on any atom is -0.465 e. The molecular formula is C20H17N3O2. The number of carbonyl (C=O) groups is 1. The summed E-state index contributed by atoms with van der Waals surface area (Å²) in [7, 11) is 5.40. The Morgan fingerprint density at radius 2 is 1.64 bits per heavy atom. The summed E-state index contributed by atoms with van der Waals surface area (Å²) in [6.45, 7) is 0. The largest absolute Gasteiger partial charge is 0.465 e. The molecule has 0 radical (unpaired) electrons. The molecule has 0 atom stereocenters. The number of para-hydroxylation sites is 1. The van der Waals surface area contributed by atoms with Crippen LogP contribution >= 0.6 is 0 Å². The Morgan fingerprint density at radius 1 is 0.880 bits per heavy atom. The van der Waals surface area contributed by atoms with Crippen LogP contribution in [0.3, 0.4) is 0 Å². The van der Waals surface area contributed by atoms with Crippen LogP contribution in [0.1, 0.15) is 10.4 Å². The van der Waals surface area contributed by atoms with E-state index >= 15 is 0 Å². The quantitative estimate of drug-likeness (QED) is 0.318. The smallest absolute Gasteiger partial charge is 0.340 e. The van der Waals surface area contributed by atoms with Gasteiger partial charge in [0, 0.05) is 30.6 Å². The number of hydrogen-bond acceptors (Lipinski definition) is 5. The van der Waals surface area contributed by atoms with Gasteiger partial charge in [0.25, 0.3) is 0 Å². The first-order chi connectivity index (χ1) is 12.1. The molecule has 4 aromatic rings. The average molecular weight is 331 g/mol. The summed E-state index contributed by atoms with van der Waals surface area (Å²) in [5, 5.41) is 2.11. The summed E-state index contributed by atoms with van der Waals surface area (Å²) >= 11 is 0. The molecule has 0 N–H and O–H groups in total. The molecule has 0 amide bonds. The summed E-state index contributed by atoms with van der Waals surface area (Å²) in [5.74, 6) is -0.409. The lowest BCUT2D eigenvalue weighted by Gasteiger charge is -2.16. The fourth-order valence-electron chi connectivity index (χ4n) is 3.17. The highest BCUT2D eigenvalue weighted by Gasteiger charge is 2.15. The first-order valence-electron chi connectivity index (χ1n) is 7.98. The number of anilines is 1. The molecule has 0 fully saturated rings. The summed E-state index contributed by atoms with van der Waals surface area (Å²) in [5.41, 5.74) is 4.36. The lowest BCUT2D eigenvalue weighted by Crippen LogP contribution is -2.09. The van der Waals surface area contributed by atoms with Crippen LogP contribution in [0.15, 0.2) is 48.5 Å². The van der Waals surface area contributed by atoms with Crippen molar-refractivity contribution < 1.29 is 9.53 Å². The molecule has 0 spiro atoms. The second-order valence-electron chi connectivity index (χ2n) is 6.09. The van der Waals surface area contributed by atoms with Gasteiger partial charge in [0.2, 0.25) is 0 Å². The van der Waals surface area contributed by atoms with E-state index in [1.807, 2.05) is 38.4 Å². The standard InChI is InChI=1S/C20H17N3O2/c1-23(2)17-9-5-6-13-12(17)10-11-16-18(13)22-19-14(20(24)25-3)7-4-8-15(19)21-16/h4-11H,1-3H3. The predicted octanol–water partition coefficient (Wildman–Crippen LogP) is 3.79. The molecule has 1 heterocycles. The summed E-state index contributed by atoms with van der Waals surface area (Å²) in [6, 6.07) is 15.5. The van der Waals surface area contributed by atoms with Crippen molar-refractivity contribution in [2.75, 3.05) is 26.1 Å². The van der Waals surface area contributed by atoms with E-state index in [0.717, 1.165) is 27.5 Å². The van der Waals surface area contributed by atoms with Gasteiger partial charge >= 0.3 is 5.97 Å². The number of fused-ring (bicyclic) bond motifs is 4. The maximum atomic E-state index is 12.1. The fourth-order valence-corrected chi connectivity index (χ4v) is 3.17. The van der Waals surface area contributed by atoms with Crippen LogP contribution in [0.25, 0.3) is 32.8 Å². The van der Waals surface area contributed by atoms with Gasteiger partial charge in [0.1, 0.15) is 5.52 Å². The lowest BCUT2D eigenvalue weighted by molar-refractivity contribution is 0.0603. The van der Waals surface area contributed by atoms with Crippen LogP contribution in [0, 0.1) is 0 Å². The fraction of sp³-hybridized carbons (Fsp3) is 0.150. The third kappa shape index (κ3) is 2.36. The number of methoxy groups -OCH3 is 1. The van der Waals surface area contributed by atoms with E-state index in [9.17, 15) is 4.79 Å². The Kier molecular flexibility index (Phi) is 3.50. The van der Waals surface area contributed by atoms with Crippen LogP contribution in [0.4, 0.5) is 5.69 Å². The summed E-state index contributed by atoms with van der Waals surface area (Å²) < 4.78 is 4.88. The van der Waals surface area contributed by atoms with Gasteiger partial charge in [-0.15, -0.1) is 0 Å². The first-order valence-corrected chi connectivity index (χ1v) is 7.98. The minimum atomic E-state index is -0.409. The summed E-state index contributed by atoms with van der Waals surface area (Å²) in [4.78, 5) is 23.6. The number of ether oxygens (including phenoxy) is 1. The number of esters is 1. The van der Waals surface area contributed by atoms with Gasteiger partial charge < -0.3 is 9.64 Å². The van der Waals surface area contributed by atoms with Crippen molar-refractivity contribution in [3.8, 4) is 0 Å². The molecule has 5 nitrogen and oxygen atoms in total. The monoisotopic (exact) mass is 331 g/mol. The summed E-state index contributed by atoms with van der Waals surface area (Å²) in [6.07, 6.45) is 0. The lowest BCUT2D eigenvalue weighted by atomic mass is 10.1. The van der Waals surface area contributed by atoms with E-state index in [0.29, 0.717) is 16.6 Å². The van der Waals surface area contributed by atoms with Gasteiger partial charge in [-0.2, -0.15) is 0 Å². The minimum absolute atomic E-state index is 0.409. The third-order valence-electron chi connectivity index (χ3n) is 4.36. The molecule has 0 aliphatic rings. The molecular weight excluding hydrogens is 314 g/mol. The molecule has 124 valence electrons. The zero-order valence-corrected chi connectivity index (χ0v) is 14.3. The molecule has 3 aromatic carbocycles. The molecule has 5 heteroatoms. The molecule has 0 aliphatic heterocycles. The van der Waals surface area contributed by atoms with Crippen LogP contribution in [-0.4, -0.2) is 37.1 Å². The topological polar surface area (TPSA) is 55.3 Å². The van der Waals surface area contributed by atoms with E-state index in [-0.39, 0.29) is 0 Å². The zero-order valence-electron chi connectivity index (χ0n) is 14.3. The van der Waals surface area contributed by atoms with Crippen molar-refractivity contribution in [1.29, 1.82) is 0 Å². The Hall–Kier alpha value is -3.21. The number of benzene rings is 3. The van der Waals surface area contributed by atoms with E-state index in [4.69, 9.17) is 14.7 Å². The molecule has 1 aromatic heterocycles. The zero-order chi connectivity index (χ0) is 17.6. The Labute approximate surface area is 144 Å². The highest BCUT2D eigenvalue weighted by molar-refractivity contribution is 6.11. The normalized spacial score (nSPS) is 11.2. The van der Waals surface area contributed by atoms with E-state index < -0.39 is 5.97 Å².